The molecule has 0 aromatic heterocycles. The number of cyclic esters (lactones) is 1. The standard InChI is InChI=1S/C33H44N2O6/c1-7-32-15-12-18-40-29(39)25(32)24-27(37)35(23(20-36)19-22-13-9-8-10-14-22)26-28(38)34(17-11-16-33(24,26)41-32)31(5,6)21-30(2,3)4/h8-16,23-26,36H,7,17-21H2,1-6H3/t23-,24+,25+,26?,32-,33+/m1/s1. The third kappa shape index (κ3) is 4.83. The molecule has 2 fully saturated rings. The molecule has 0 bridgehead atoms. The highest BCUT2D eigenvalue weighted by Crippen LogP contribution is 2.59. The van der Waals surface area contributed by atoms with Gasteiger partial charge < -0.3 is 24.4 Å². The quantitative estimate of drug-likeness (QED) is 0.401. The summed E-state index contributed by atoms with van der Waals surface area (Å²) in [4.78, 5) is 46.4. The van der Waals surface area contributed by atoms with Gasteiger partial charge in [0, 0.05) is 12.1 Å². The number of nitrogens with zero attached hydrogens (tertiary/aromatic N) is 2. The maximum atomic E-state index is 14.9. The predicted molar refractivity (Wildman–Crippen MR) is 155 cm³/mol. The molecule has 2 amide bonds. The van der Waals surface area contributed by atoms with Crippen LogP contribution in [0, 0.1) is 17.3 Å². The molecular formula is C33H44N2O6. The Morgan fingerprint density at radius 3 is 2.34 bits per heavy atom. The number of fused-ring (bicyclic) bond motifs is 2. The first-order valence-electron chi connectivity index (χ1n) is 14.8. The molecule has 2 saturated heterocycles. The summed E-state index contributed by atoms with van der Waals surface area (Å²) in [7, 11) is 0. The number of hydrogen-bond donors (Lipinski definition) is 1. The van der Waals surface area contributed by atoms with Crippen molar-refractivity contribution < 1.29 is 29.0 Å². The van der Waals surface area contributed by atoms with E-state index in [1.54, 1.807) is 6.08 Å². The van der Waals surface area contributed by atoms with E-state index in [1.165, 1.54) is 4.90 Å². The summed E-state index contributed by atoms with van der Waals surface area (Å²) in [5.74, 6) is -2.95. The number of aliphatic hydroxyl groups excluding tert-OH is 1. The number of amides is 2. The van der Waals surface area contributed by atoms with Crippen molar-refractivity contribution in [2.45, 2.75) is 89.6 Å². The Morgan fingerprint density at radius 1 is 1.00 bits per heavy atom. The molecule has 4 aliphatic heterocycles. The van der Waals surface area contributed by atoms with Crippen LogP contribution in [0.15, 0.2) is 54.6 Å². The smallest absolute Gasteiger partial charge is 0.313 e. The van der Waals surface area contributed by atoms with Crippen LogP contribution in [-0.4, -0.2) is 81.3 Å². The second-order valence-electron chi connectivity index (χ2n) is 13.8. The van der Waals surface area contributed by atoms with E-state index in [4.69, 9.17) is 9.47 Å². The highest BCUT2D eigenvalue weighted by Gasteiger charge is 2.76. The average Bonchev–Trinajstić information content (AvgIpc) is 3.18. The van der Waals surface area contributed by atoms with Crippen LogP contribution in [-0.2, 0) is 30.3 Å². The molecule has 222 valence electrons. The second-order valence-corrected chi connectivity index (χ2v) is 13.8. The van der Waals surface area contributed by atoms with Crippen molar-refractivity contribution in [3.63, 3.8) is 0 Å². The van der Waals surface area contributed by atoms with Gasteiger partial charge in [-0.25, -0.2) is 0 Å². The fraction of sp³-hybridized carbons (Fsp3) is 0.606. The highest BCUT2D eigenvalue weighted by atomic mass is 16.6. The van der Waals surface area contributed by atoms with Gasteiger partial charge in [0.1, 0.15) is 29.8 Å². The lowest BCUT2D eigenvalue weighted by Crippen LogP contribution is -2.62. The summed E-state index contributed by atoms with van der Waals surface area (Å²) in [5, 5.41) is 10.7. The van der Waals surface area contributed by atoms with E-state index in [-0.39, 0.29) is 30.4 Å². The number of carbonyl (C=O) groups excluding carboxylic acids is 3. The fourth-order valence-corrected chi connectivity index (χ4v) is 8.00. The fourth-order valence-electron chi connectivity index (χ4n) is 8.00. The van der Waals surface area contributed by atoms with Crippen molar-refractivity contribution in [3.05, 3.63) is 60.2 Å². The number of aliphatic hydroxyl groups is 1. The molecule has 1 N–H and O–H groups in total. The Bertz CT molecular complexity index is 1250. The van der Waals surface area contributed by atoms with Gasteiger partial charge in [-0.2, -0.15) is 0 Å². The summed E-state index contributed by atoms with van der Waals surface area (Å²) < 4.78 is 12.5. The van der Waals surface area contributed by atoms with Gasteiger partial charge in [-0.1, -0.05) is 76.3 Å². The molecule has 1 aromatic rings. The zero-order chi connectivity index (χ0) is 29.8. The summed E-state index contributed by atoms with van der Waals surface area (Å²) in [6, 6.07) is 7.89. The van der Waals surface area contributed by atoms with Crippen molar-refractivity contribution in [1.29, 1.82) is 0 Å². The van der Waals surface area contributed by atoms with Crippen molar-refractivity contribution >= 4 is 17.8 Å². The summed E-state index contributed by atoms with van der Waals surface area (Å²) in [6.45, 7) is 12.6. The molecule has 0 saturated carbocycles. The third-order valence-corrected chi connectivity index (χ3v) is 9.25. The van der Waals surface area contributed by atoms with E-state index >= 15 is 0 Å². The number of likely N-dealkylation sites (tertiary alicyclic amines) is 1. The van der Waals surface area contributed by atoms with Crippen LogP contribution in [0.1, 0.15) is 59.9 Å². The lowest BCUT2D eigenvalue weighted by atomic mass is 9.73. The summed E-state index contributed by atoms with van der Waals surface area (Å²) >= 11 is 0. The first kappa shape index (κ1) is 29.5. The van der Waals surface area contributed by atoms with Crippen molar-refractivity contribution in [2.24, 2.45) is 17.3 Å². The molecule has 8 heteroatoms. The van der Waals surface area contributed by atoms with Crippen LogP contribution in [0.25, 0.3) is 0 Å². The van der Waals surface area contributed by atoms with Gasteiger partial charge in [0.05, 0.1) is 18.6 Å². The lowest BCUT2D eigenvalue weighted by Gasteiger charge is -2.46. The summed E-state index contributed by atoms with van der Waals surface area (Å²) in [5.41, 5.74) is -2.10. The molecule has 41 heavy (non-hydrogen) atoms. The van der Waals surface area contributed by atoms with E-state index in [9.17, 15) is 19.5 Å². The molecule has 4 aliphatic rings. The molecule has 5 rings (SSSR count). The Balaban J connectivity index is 1.67. The number of carbonyl (C=O) groups is 3. The van der Waals surface area contributed by atoms with Gasteiger partial charge in [0.2, 0.25) is 11.8 Å². The van der Waals surface area contributed by atoms with Gasteiger partial charge in [-0.3, -0.25) is 14.4 Å². The van der Waals surface area contributed by atoms with Gasteiger partial charge in [-0.05, 0) is 50.2 Å². The minimum Gasteiger partial charge on any atom is -0.461 e. The summed E-state index contributed by atoms with van der Waals surface area (Å²) in [6.07, 6.45) is 8.93. The lowest BCUT2D eigenvalue weighted by molar-refractivity contribution is -0.163. The van der Waals surface area contributed by atoms with Crippen molar-refractivity contribution in [1.82, 2.24) is 9.80 Å². The van der Waals surface area contributed by atoms with Crippen LogP contribution in [0.3, 0.4) is 0 Å². The van der Waals surface area contributed by atoms with Gasteiger partial charge >= 0.3 is 5.97 Å². The molecule has 1 unspecified atom stereocenters. The van der Waals surface area contributed by atoms with Gasteiger partial charge in [0.15, 0.2) is 0 Å². The molecule has 8 nitrogen and oxygen atoms in total. The zero-order valence-electron chi connectivity index (χ0n) is 25.1. The molecule has 1 aromatic carbocycles. The topological polar surface area (TPSA) is 96.4 Å². The number of hydrogen-bond acceptors (Lipinski definition) is 6. The van der Waals surface area contributed by atoms with Crippen LogP contribution >= 0.6 is 0 Å². The largest absolute Gasteiger partial charge is 0.461 e. The van der Waals surface area contributed by atoms with E-state index < -0.39 is 46.6 Å². The van der Waals surface area contributed by atoms with Crippen LogP contribution < -0.4 is 0 Å². The van der Waals surface area contributed by atoms with Crippen LogP contribution in [0.2, 0.25) is 0 Å². The van der Waals surface area contributed by atoms with E-state index in [1.807, 2.05) is 60.4 Å². The first-order chi connectivity index (χ1) is 19.3. The van der Waals surface area contributed by atoms with Crippen molar-refractivity contribution in [2.75, 3.05) is 19.8 Å². The number of ether oxygens (including phenoxy) is 2. The van der Waals surface area contributed by atoms with Crippen LogP contribution in [0.5, 0.6) is 0 Å². The zero-order valence-corrected chi connectivity index (χ0v) is 25.1. The molecular weight excluding hydrogens is 520 g/mol. The Morgan fingerprint density at radius 2 is 1.71 bits per heavy atom. The van der Waals surface area contributed by atoms with Gasteiger partial charge in [-0.15, -0.1) is 0 Å². The second kappa shape index (κ2) is 10.4. The minimum atomic E-state index is -1.38. The highest BCUT2D eigenvalue weighted by molar-refractivity contribution is 5.99. The predicted octanol–water partition coefficient (Wildman–Crippen LogP) is 3.68. The number of esters is 1. The molecule has 6 atom stereocenters. The first-order valence-corrected chi connectivity index (χ1v) is 14.8. The number of benzene rings is 1. The van der Waals surface area contributed by atoms with Crippen molar-refractivity contribution in [3.8, 4) is 0 Å². The Labute approximate surface area is 243 Å². The van der Waals surface area contributed by atoms with Crippen LogP contribution in [0.4, 0.5) is 0 Å². The van der Waals surface area contributed by atoms with Gasteiger partial charge in [0.25, 0.3) is 0 Å². The molecule has 1 spiro atoms. The maximum Gasteiger partial charge on any atom is 0.313 e. The normalized spacial score (nSPS) is 32.3. The monoisotopic (exact) mass is 564 g/mol. The van der Waals surface area contributed by atoms with E-state index in [0.29, 0.717) is 19.4 Å². The van der Waals surface area contributed by atoms with E-state index in [2.05, 4.69) is 34.6 Å². The minimum absolute atomic E-state index is 0.0516. The Hall–Kier alpha value is -2.97. The molecule has 0 aliphatic carbocycles. The third-order valence-electron chi connectivity index (χ3n) is 9.25. The molecule has 0 radical (unpaired) electrons. The average molecular weight is 565 g/mol. The number of rotatable bonds is 7. The molecule has 4 heterocycles. The Kier molecular flexibility index (Phi) is 7.48. The maximum absolute atomic E-state index is 14.9. The van der Waals surface area contributed by atoms with E-state index in [0.717, 1.165) is 12.0 Å². The SMILES string of the molecule is CC[C@@]12C=CCOC(=O)[C@@H]1[C@H]1C(=O)N([C@@H](CO)Cc3ccccc3)C3C(=O)N(C(C)(C)CC(C)(C)C)CC=C[C@@]31O2.